The van der Waals surface area contributed by atoms with Crippen LogP contribution in [0.15, 0.2) is 41.8 Å². The first-order chi connectivity index (χ1) is 13.5. The lowest BCUT2D eigenvalue weighted by atomic mass is 10.0. The number of hydrogen-bond donors (Lipinski definition) is 0. The smallest absolute Gasteiger partial charge is 0.269 e. The number of amides is 2. The van der Waals surface area contributed by atoms with Gasteiger partial charge in [0.05, 0.1) is 14.7 Å². The minimum atomic E-state index is -0.470. The van der Waals surface area contributed by atoms with Gasteiger partial charge in [-0.05, 0) is 36.4 Å². The van der Waals surface area contributed by atoms with Crippen LogP contribution in [0.5, 0.6) is 0 Å². The van der Waals surface area contributed by atoms with Gasteiger partial charge in [0.2, 0.25) is 0 Å². The van der Waals surface area contributed by atoms with E-state index in [4.69, 9.17) is 0 Å². The standard InChI is InChI=1S/C19H19N3O4S2/c23-17(14-3-5-15(6-4-14)22(25)26)21-11-13-28-19(21)7-9-20(10-8-19)18(24)16-2-1-12-27-16/h1-6,12H,7-11,13H2. The van der Waals surface area contributed by atoms with E-state index in [-0.39, 0.29) is 22.4 Å². The van der Waals surface area contributed by atoms with Crippen LogP contribution in [0.3, 0.4) is 0 Å². The summed E-state index contributed by atoms with van der Waals surface area (Å²) in [5, 5.41) is 12.7. The van der Waals surface area contributed by atoms with Gasteiger partial charge in [-0.1, -0.05) is 6.07 Å². The zero-order chi connectivity index (χ0) is 19.7. The van der Waals surface area contributed by atoms with E-state index in [9.17, 15) is 19.7 Å². The molecule has 1 spiro atoms. The molecule has 28 heavy (non-hydrogen) atoms. The number of piperidine rings is 1. The molecule has 0 bridgehead atoms. The van der Waals surface area contributed by atoms with Crippen molar-refractivity contribution in [2.45, 2.75) is 17.7 Å². The average molecular weight is 418 g/mol. The predicted molar refractivity (Wildman–Crippen MR) is 109 cm³/mol. The summed E-state index contributed by atoms with van der Waals surface area (Å²) < 4.78 is 0. The molecule has 0 unspecified atom stereocenters. The van der Waals surface area contributed by atoms with Crippen LogP contribution >= 0.6 is 23.1 Å². The Morgan fingerprint density at radius 2 is 1.75 bits per heavy atom. The number of rotatable bonds is 3. The lowest BCUT2D eigenvalue weighted by Gasteiger charge is -2.44. The number of non-ortho nitro benzene ring substituents is 1. The number of benzene rings is 1. The summed E-state index contributed by atoms with van der Waals surface area (Å²) in [5.74, 6) is 0.816. The van der Waals surface area contributed by atoms with Crippen LogP contribution in [0.25, 0.3) is 0 Å². The lowest BCUT2D eigenvalue weighted by molar-refractivity contribution is -0.384. The minimum absolute atomic E-state index is 0.0255. The summed E-state index contributed by atoms with van der Waals surface area (Å²) in [5.41, 5.74) is 0.437. The van der Waals surface area contributed by atoms with Gasteiger partial charge in [0.15, 0.2) is 0 Å². The number of likely N-dealkylation sites (tertiary alicyclic amines) is 1. The van der Waals surface area contributed by atoms with Gasteiger partial charge >= 0.3 is 0 Å². The van der Waals surface area contributed by atoms with Crippen LogP contribution in [0.4, 0.5) is 5.69 Å². The molecule has 2 aliphatic heterocycles. The van der Waals surface area contributed by atoms with E-state index >= 15 is 0 Å². The van der Waals surface area contributed by atoms with E-state index in [0.29, 0.717) is 25.2 Å². The van der Waals surface area contributed by atoms with Gasteiger partial charge in [-0.25, -0.2) is 0 Å². The Kier molecular flexibility index (Phi) is 5.11. The van der Waals surface area contributed by atoms with Crippen molar-refractivity contribution in [3.63, 3.8) is 0 Å². The van der Waals surface area contributed by atoms with Crippen molar-refractivity contribution in [1.29, 1.82) is 0 Å². The molecule has 7 nitrogen and oxygen atoms in total. The van der Waals surface area contributed by atoms with E-state index in [2.05, 4.69) is 0 Å². The topological polar surface area (TPSA) is 83.8 Å². The third kappa shape index (κ3) is 3.40. The molecule has 2 aromatic rings. The fraction of sp³-hybridized carbons (Fsp3) is 0.368. The molecule has 0 saturated carbocycles. The second kappa shape index (κ2) is 7.56. The Morgan fingerprint density at radius 3 is 2.36 bits per heavy atom. The molecule has 2 saturated heterocycles. The van der Waals surface area contributed by atoms with Gasteiger partial charge < -0.3 is 9.80 Å². The summed E-state index contributed by atoms with van der Waals surface area (Å²) >= 11 is 3.22. The third-order valence-electron chi connectivity index (χ3n) is 5.31. The molecule has 3 heterocycles. The number of thiophene rings is 1. The van der Waals surface area contributed by atoms with Gasteiger partial charge in [0.1, 0.15) is 0 Å². The maximum Gasteiger partial charge on any atom is 0.269 e. The number of nitrogens with zero attached hydrogens (tertiary/aromatic N) is 3. The highest BCUT2D eigenvalue weighted by atomic mass is 32.2. The van der Waals surface area contributed by atoms with Crippen LogP contribution < -0.4 is 0 Å². The van der Waals surface area contributed by atoms with Crippen molar-refractivity contribution in [2.75, 3.05) is 25.4 Å². The van der Waals surface area contributed by atoms with E-state index in [0.717, 1.165) is 23.5 Å². The van der Waals surface area contributed by atoms with Crippen LogP contribution in [0.2, 0.25) is 0 Å². The maximum atomic E-state index is 13.1. The summed E-state index contributed by atoms with van der Waals surface area (Å²) in [6.45, 7) is 1.89. The molecule has 2 amide bonds. The quantitative estimate of drug-likeness (QED) is 0.564. The van der Waals surface area contributed by atoms with Gasteiger partial charge in [0.25, 0.3) is 17.5 Å². The average Bonchev–Trinajstić information content (AvgIpc) is 3.38. The number of carbonyl (C=O) groups is 2. The number of hydrogen-bond acceptors (Lipinski definition) is 6. The second-order valence-electron chi connectivity index (χ2n) is 6.82. The summed E-state index contributed by atoms with van der Waals surface area (Å²) in [7, 11) is 0. The van der Waals surface area contributed by atoms with E-state index < -0.39 is 4.92 Å². The summed E-state index contributed by atoms with van der Waals surface area (Å²) in [4.78, 5) is 40.2. The lowest BCUT2D eigenvalue weighted by Crippen LogP contribution is -2.53. The fourth-order valence-corrected chi connectivity index (χ4v) is 5.95. The Morgan fingerprint density at radius 1 is 1.04 bits per heavy atom. The molecule has 0 radical (unpaired) electrons. The molecular formula is C19H19N3O4S2. The highest BCUT2D eigenvalue weighted by Gasteiger charge is 2.47. The molecule has 146 valence electrons. The van der Waals surface area contributed by atoms with Gasteiger partial charge in [0, 0.05) is 43.1 Å². The van der Waals surface area contributed by atoms with Crippen molar-refractivity contribution in [3.05, 3.63) is 62.3 Å². The molecule has 1 aromatic carbocycles. The van der Waals surface area contributed by atoms with Crippen LogP contribution in [0, 0.1) is 10.1 Å². The summed E-state index contributed by atoms with van der Waals surface area (Å²) in [6.07, 6.45) is 1.46. The van der Waals surface area contributed by atoms with Crippen molar-refractivity contribution in [1.82, 2.24) is 9.80 Å². The van der Waals surface area contributed by atoms with Crippen molar-refractivity contribution >= 4 is 40.6 Å². The van der Waals surface area contributed by atoms with Gasteiger partial charge in [-0.2, -0.15) is 0 Å². The SMILES string of the molecule is O=C(c1cccs1)N1CCC2(CC1)SCCN2C(=O)c1ccc([N+](=O)[O-])cc1. The molecule has 0 N–H and O–H groups in total. The molecule has 2 fully saturated rings. The highest BCUT2D eigenvalue weighted by Crippen LogP contribution is 2.44. The van der Waals surface area contributed by atoms with Crippen molar-refractivity contribution in [2.24, 2.45) is 0 Å². The number of carbonyl (C=O) groups excluding carboxylic acids is 2. The summed E-state index contributed by atoms with van der Waals surface area (Å²) in [6, 6.07) is 9.49. The second-order valence-corrected chi connectivity index (χ2v) is 9.23. The largest absolute Gasteiger partial charge is 0.338 e. The fourth-order valence-electron chi connectivity index (χ4n) is 3.81. The molecule has 0 atom stereocenters. The number of nitro benzene ring substituents is 1. The first-order valence-electron chi connectivity index (χ1n) is 9.03. The Bertz CT molecular complexity index is 890. The maximum absolute atomic E-state index is 13.1. The molecule has 9 heteroatoms. The highest BCUT2D eigenvalue weighted by molar-refractivity contribution is 8.00. The van der Waals surface area contributed by atoms with E-state index in [1.165, 1.54) is 35.6 Å². The first kappa shape index (κ1) is 18.9. The monoisotopic (exact) mass is 417 g/mol. The zero-order valence-corrected chi connectivity index (χ0v) is 16.7. The van der Waals surface area contributed by atoms with Gasteiger partial charge in [-0.15, -0.1) is 23.1 Å². The van der Waals surface area contributed by atoms with Crippen molar-refractivity contribution < 1.29 is 14.5 Å². The predicted octanol–water partition coefficient (Wildman–Crippen LogP) is 3.48. The first-order valence-corrected chi connectivity index (χ1v) is 10.9. The van der Waals surface area contributed by atoms with E-state index in [1.54, 1.807) is 11.8 Å². The van der Waals surface area contributed by atoms with Gasteiger partial charge in [-0.3, -0.25) is 19.7 Å². The molecule has 4 rings (SSSR count). The van der Waals surface area contributed by atoms with Crippen molar-refractivity contribution in [3.8, 4) is 0 Å². The molecular weight excluding hydrogens is 398 g/mol. The molecule has 2 aliphatic rings. The Balaban J connectivity index is 1.47. The van der Waals surface area contributed by atoms with E-state index in [1.807, 2.05) is 27.3 Å². The number of thioether (sulfide) groups is 1. The van der Waals surface area contributed by atoms with Crippen LogP contribution in [-0.4, -0.2) is 56.8 Å². The molecule has 0 aliphatic carbocycles. The number of nitro groups is 1. The third-order valence-corrected chi connectivity index (χ3v) is 7.72. The zero-order valence-electron chi connectivity index (χ0n) is 15.1. The normalized spacial score (nSPS) is 18.4. The van der Waals surface area contributed by atoms with Crippen LogP contribution in [-0.2, 0) is 0 Å². The van der Waals surface area contributed by atoms with Crippen LogP contribution in [0.1, 0.15) is 32.9 Å². The minimum Gasteiger partial charge on any atom is -0.338 e. The molecule has 1 aromatic heterocycles. The Hall–Kier alpha value is -2.39. The Labute approximate surface area is 170 Å².